The van der Waals surface area contributed by atoms with E-state index in [0.29, 0.717) is 0 Å². The van der Waals surface area contributed by atoms with E-state index >= 15 is 0 Å². The molecule has 1 aromatic rings. The Morgan fingerprint density at radius 2 is 1.81 bits per heavy atom. The zero-order valence-corrected chi connectivity index (χ0v) is 11.0. The Balaban J connectivity index is 3.43. The maximum Gasteiger partial charge on any atom is 0.162 e. The molecule has 0 aliphatic rings. The number of nitrogens with zero attached hydrogens (tertiary/aromatic N) is 2. The smallest absolute Gasteiger partial charge is 0.162 e. The summed E-state index contributed by atoms with van der Waals surface area (Å²) in [6, 6.07) is 0. The minimum Gasteiger partial charge on any atom is -0.493 e. The van der Waals surface area contributed by atoms with Gasteiger partial charge in [0.25, 0.3) is 0 Å². The zero-order chi connectivity index (χ0) is 12.3. The molecule has 0 unspecified atom stereocenters. The van der Waals surface area contributed by atoms with Gasteiger partial charge in [-0.15, -0.1) is 0 Å². The van der Waals surface area contributed by atoms with Gasteiger partial charge in [0.15, 0.2) is 11.6 Å². The predicted octanol–water partition coefficient (Wildman–Crippen LogP) is 3.12. The second-order valence-corrected chi connectivity index (χ2v) is 4.80. The monoisotopic (exact) mass is 220 g/mol. The first-order valence-electron chi connectivity index (χ1n) is 5.46. The molecule has 16 heavy (non-hydrogen) atoms. The van der Waals surface area contributed by atoms with Crippen LogP contribution in [0.2, 0.25) is 0 Å². The molecule has 0 radical (unpaired) electrons. The van der Waals surface area contributed by atoms with Crippen LogP contribution >= 0.6 is 0 Å². The Bertz CT molecular complexity index is 403. The largest absolute Gasteiger partial charge is 0.493 e. The number of allylic oxidation sites excluding steroid dienone is 1. The van der Waals surface area contributed by atoms with Crippen LogP contribution in [0.4, 0.5) is 0 Å². The predicted molar refractivity (Wildman–Crippen MR) is 66.7 cm³/mol. The van der Waals surface area contributed by atoms with Crippen molar-refractivity contribution in [1.82, 2.24) is 9.97 Å². The number of rotatable bonds is 2. The third-order valence-electron chi connectivity index (χ3n) is 2.28. The van der Waals surface area contributed by atoms with Crippen LogP contribution in [0.5, 0.6) is 5.75 Å². The number of ether oxygens (including phenoxy) is 1. The highest BCUT2D eigenvalue weighted by Gasteiger charge is 2.23. The van der Waals surface area contributed by atoms with Gasteiger partial charge < -0.3 is 4.74 Å². The van der Waals surface area contributed by atoms with E-state index in [0.717, 1.165) is 23.0 Å². The number of aryl methyl sites for hydroxylation is 1. The third-order valence-corrected chi connectivity index (χ3v) is 2.28. The van der Waals surface area contributed by atoms with Crippen LogP contribution in [0.1, 0.15) is 44.9 Å². The summed E-state index contributed by atoms with van der Waals surface area (Å²) in [5.41, 5.74) is 1.79. The fourth-order valence-corrected chi connectivity index (χ4v) is 1.56. The molecule has 0 N–H and O–H groups in total. The molecule has 0 saturated carbocycles. The second-order valence-electron chi connectivity index (χ2n) is 4.80. The third kappa shape index (κ3) is 2.60. The van der Waals surface area contributed by atoms with E-state index in [4.69, 9.17) is 4.74 Å². The van der Waals surface area contributed by atoms with Gasteiger partial charge in [-0.2, -0.15) is 0 Å². The molecule has 0 aliphatic heterocycles. The van der Waals surface area contributed by atoms with E-state index in [-0.39, 0.29) is 5.41 Å². The first-order valence-corrected chi connectivity index (χ1v) is 5.46. The lowest BCUT2D eigenvalue weighted by Gasteiger charge is -2.21. The topological polar surface area (TPSA) is 35.0 Å². The van der Waals surface area contributed by atoms with Gasteiger partial charge in [-0.3, -0.25) is 0 Å². The van der Waals surface area contributed by atoms with Crippen molar-refractivity contribution in [3.05, 3.63) is 23.3 Å². The molecule has 0 fully saturated rings. The molecule has 0 saturated heterocycles. The Morgan fingerprint density at radius 1 is 1.19 bits per heavy atom. The highest BCUT2D eigenvalue weighted by molar-refractivity contribution is 5.45. The minimum absolute atomic E-state index is 0.0463. The van der Waals surface area contributed by atoms with E-state index in [1.807, 2.05) is 26.0 Å². The molecule has 1 rings (SSSR count). The van der Waals surface area contributed by atoms with Crippen molar-refractivity contribution in [2.45, 2.75) is 40.0 Å². The first-order chi connectivity index (χ1) is 7.40. The molecule has 88 valence electrons. The normalized spacial score (nSPS) is 12.1. The highest BCUT2D eigenvalue weighted by atomic mass is 16.5. The summed E-state index contributed by atoms with van der Waals surface area (Å²) in [5.74, 6) is 1.53. The van der Waals surface area contributed by atoms with E-state index in [9.17, 15) is 0 Å². The van der Waals surface area contributed by atoms with Crippen molar-refractivity contribution < 1.29 is 4.74 Å². The fourth-order valence-electron chi connectivity index (χ4n) is 1.56. The summed E-state index contributed by atoms with van der Waals surface area (Å²) in [6.45, 7) is 10.3. The summed E-state index contributed by atoms with van der Waals surface area (Å²) in [6.07, 6.45) is 3.84. The molecule has 3 nitrogen and oxygen atoms in total. The Kier molecular flexibility index (Phi) is 3.68. The molecule has 0 bridgehead atoms. The second kappa shape index (κ2) is 4.64. The quantitative estimate of drug-likeness (QED) is 0.768. The van der Waals surface area contributed by atoms with Crippen LogP contribution in [0, 0.1) is 6.92 Å². The number of hydrogen-bond donors (Lipinski definition) is 0. The molecule has 0 spiro atoms. The molecule has 3 heteroatoms. The standard InChI is InChI=1S/C13H20N2O/c1-7-8-10-14-9(2)11(16-6)12(15-10)13(3,4)5/h7-8H,1-6H3/b8-7+. The van der Waals surface area contributed by atoms with Gasteiger partial charge in [-0.1, -0.05) is 26.8 Å². The lowest BCUT2D eigenvalue weighted by atomic mass is 9.90. The van der Waals surface area contributed by atoms with E-state index in [1.165, 1.54) is 0 Å². The summed E-state index contributed by atoms with van der Waals surface area (Å²) < 4.78 is 5.39. The summed E-state index contributed by atoms with van der Waals surface area (Å²) in [4.78, 5) is 8.93. The highest BCUT2D eigenvalue weighted by Crippen LogP contribution is 2.31. The molecule has 1 heterocycles. The van der Waals surface area contributed by atoms with Gasteiger partial charge in [0.1, 0.15) is 0 Å². The molecular weight excluding hydrogens is 200 g/mol. The maximum atomic E-state index is 5.39. The molecule has 0 aliphatic carbocycles. The van der Waals surface area contributed by atoms with Crippen LogP contribution in [0.3, 0.4) is 0 Å². The van der Waals surface area contributed by atoms with E-state index in [2.05, 4.69) is 30.7 Å². The lowest BCUT2D eigenvalue weighted by Crippen LogP contribution is -2.17. The number of methoxy groups -OCH3 is 1. The molecular formula is C13H20N2O. The average molecular weight is 220 g/mol. The van der Waals surface area contributed by atoms with Gasteiger partial charge >= 0.3 is 0 Å². The lowest BCUT2D eigenvalue weighted by molar-refractivity contribution is 0.385. The Hall–Kier alpha value is -1.38. The number of hydrogen-bond acceptors (Lipinski definition) is 3. The van der Waals surface area contributed by atoms with Gasteiger partial charge in [-0.25, -0.2) is 9.97 Å². The summed E-state index contributed by atoms with van der Waals surface area (Å²) >= 11 is 0. The van der Waals surface area contributed by atoms with Gasteiger partial charge in [0.05, 0.1) is 18.5 Å². The number of aromatic nitrogens is 2. The molecule has 0 atom stereocenters. The van der Waals surface area contributed by atoms with Gasteiger partial charge in [-0.05, 0) is 19.9 Å². The van der Waals surface area contributed by atoms with Crippen molar-refractivity contribution in [3.63, 3.8) is 0 Å². The Labute approximate surface area is 97.6 Å². The summed E-state index contributed by atoms with van der Waals surface area (Å²) in [7, 11) is 1.66. The van der Waals surface area contributed by atoms with Crippen LogP contribution < -0.4 is 4.74 Å². The van der Waals surface area contributed by atoms with Crippen molar-refractivity contribution in [3.8, 4) is 5.75 Å². The van der Waals surface area contributed by atoms with Crippen LogP contribution in [0.25, 0.3) is 6.08 Å². The van der Waals surface area contributed by atoms with Crippen molar-refractivity contribution in [2.75, 3.05) is 7.11 Å². The molecule has 1 aromatic heterocycles. The van der Waals surface area contributed by atoms with Crippen molar-refractivity contribution in [2.24, 2.45) is 0 Å². The van der Waals surface area contributed by atoms with Crippen molar-refractivity contribution in [1.29, 1.82) is 0 Å². The van der Waals surface area contributed by atoms with E-state index in [1.54, 1.807) is 7.11 Å². The minimum atomic E-state index is -0.0463. The Morgan fingerprint density at radius 3 is 2.25 bits per heavy atom. The van der Waals surface area contributed by atoms with Crippen molar-refractivity contribution >= 4 is 6.08 Å². The maximum absolute atomic E-state index is 5.39. The molecule has 0 amide bonds. The summed E-state index contributed by atoms with van der Waals surface area (Å²) in [5, 5.41) is 0. The molecule has 0 aromatic carbocycles. The van der Waals surface area contributed by atoms with Gasteiger partial charge in [0.2, 0.25) is 0 Å². The first kappa shape index (κ1) is 12.7. The fraction of sp³-hybridized carbons (Fsp3) is 0.538. The average Bonchev–Trinajstić information content (AvgIpc) is 2.16. The van der Waals surface area contributed by atoms with Crippen LogP contribution in [-0.2, 0) is 5.41 Å². The van der Waals surface area contributed by atoms with E-state index < -0.39 is 0 Å². The van der Waals surface area contributed by atoms with Crippen LogP contribution in [0.15, 0.2) is 6.08 Å². The van der Waals surface area contributed by atoms with Crippen LogP contribution in [-0.4, -0.2) is 17.1 Å². The SMILES string of the molecule is C/C=C/c1nc(C)c(OC)c(C(C)(C)C)n1. The van der Waals surface area contributed by atoms with Gasteiger partial charge in [0, 0.05) is 5.41 Å². The zero-order valence-electron chi connectivity index (χ0n) is 11.0.